The molecule has 0 saturated heterocycles. The zero-order valence-corrected chi connectivity index (χ0v) is 12.3. The van der Waals surface area contributed by atoms with Crippen LogP contribution in [0.5, 0.6) is 0 Å². The van der Waals surface area contributed by atoms with Gasteiger partial charge in [0, 0.05) is 18.1 Å². The van der Waals surface area contributed by atoms with Crippen molar-refractivity contribution in [2.45, 2.75) is 26.7 Å². The Morgan fingerprint density at radius 3 is 2.83 bits per heavy atom. The van der Waals surface area contributed by atoms with Gasteiger partial charge in [-0.1, -0.05) is 29.8 Å². The summed E-state index contributed by atoms with van der Waals surface area (Å²) >= 11 is 3.39. The second kappa shape index (κ2) is 6.83. The Labute approximate surface area is 115 Å². The predicted octanol–water partition coefficient (Wildman–Crippen LogP) is 3.15. The summed E-state index contributed by atoms with van der Waals surface area (Å²) in [6.45, 7) is 4.76. The van der Waals surface area contributed by atoms with Gasteiger partial charge in [0.05, 0.1) is 11.8 Å². The Balaban J connectivity index is 2.50. The summed E-state index contributed by atoms with van der Waals surface area (Å²) in [5, 5.41) is 3.77. The van der Waals surface area contributed by atoms with E-state index in [1.165, 1.54) is 12.3 Å². The van der Waals surface area contributed by atoms with Gasteiger partial charge in [0.25, 0.3) is 5.91 Å². The number of hydrogen-bond acceptors (Lipinski definition) is 2. The van der Waals surface area contributed by atoms with Gasteiger partial charge in [-0.25, -0.2) is 4.39 Å². The Hall–Kier alpha value is -0.970. The summed E-state index contributed by atoms with van der Waals surface area (Å²) in [5.41, 5.74) is 0.288. The van der Waals surface area contributed by atoms with Gasteiger partial charge >= 0.3 is 0 Å². The van der Waals surface area contributed by atoms with E-state index < -0.39 is 5.82 Å². The molecular formula is C13H18BrFN2O. The molecular weight excluding hydrogens is 299 g/mol. The van der Waals surface area contributed by atoms with Crippen LogP contribution in [0.2, 0.25) is 0 Å². The molecule has 1 heterocycles. The zero-order chi connectivity index (χ0) is 13.6. The Morgan fingerprint density at radius 2 is 2.22 bits per heavy atom. The maximum atomic E-state index is 12.9. The average Bonchev–Trinajstić information content (AvgIpc) is 2.34. The molecule has 5 heteroatoms. The summed E-state index contributed by atoms with van der Waals surface area (Å²) in [7, 11) is 0. The van der Waals surface area contributed by atoms with Crippen molar-refractivity contribution in [3.05, 3.63) is 29.8 Å². The van der Waals surface area contributed by atoms with E-state index in [0.29, 0.717) is 6.54 Å². The number of nitrogens with zero attached hydrogens (tertiary/aromatic N) is 1. The summed E-state index contributed by atoms with van der Waals surface area (Å²) in [4.78, 5) is 15.4. The van der Waals surface area contributed by atoms with Crippen LogP contribution in [-0.4, -0.2) is 22.8 Å². The number of rotatable bonds is 6. The molecule has 0 aliphatic rings. The van der Waals surface area contributed by atoms with Crippen molar-refractivity contribution in [3.63, 3.8) is 0 Å². The molecule has 3 nitrogen and oxygen atoms in total. The SMILES string of the molecule is CC(C)(CCCBr)CNC(=O)c1cncc(F)c1. The fourth-order valence-electron chi connectivity index (χ4n) is 1.59. The summed E-state index contributed by atoms with van der Waals surface area (Å²) in [6, 6.07) is 1.19. The molecule has 100 valence electrons. The summed E-state index contributed by atoms with van der Waals surface area (Å²) < 4.78 is 12.9. The highest BCUT2D eigenvalue weighted by atomic mass is 79.9. The number of carbonyl (C=O) groups is 1. The van der Waals surface area contributed by atoms with Gasteiger partial charge in [-0.3, -0.25) is 9.78 Å². The largest absolute Gasteiger partial charge is 0.351 e. The molecule has 1 aromatic heterocycles. The first-order valence-corrected chi connectivity index (χ1v) is 7.01. The van der Waals surface area contributed by atoms with Crippen LogP contribution >= 0.6 is 15.9 Å². The molecule has 0 bridgehead atoms. The number of carbonyl (C=O) groups excluding carboxylic acids is 1. The van der Waals surface area contributed by atoms with Gasteiger partial charge in [-0.05, 0) is 24.3 Å². The van der Waals surface area contributed by atoms with Crippen molar-refractivity contribution in [3.8, 4) is 0 Å². The van der Waals surface area contributed by atoms with E-state index in [1.807, 2.05) is 0 Å². The summed E-state index contributed by atoms with van der Waals surface area (Å²) in [5.74, 6) is -0.782. The van der Waals surface area contributed by atoms with Gasteiger partial charge < -0.3 is 5.32 Å². The topological polar surface area (TPSA) is 42.0 Å². The van der Waals surface area contributed by atoms with Crippen molar-refractivity contribution in [2.75, 3.05) is 11.9 Å². The highest BCUT2D eigenvalue weighted by Crippen LogP contribution is 2.21. The van der Waals surface area contributed by atoms with E-state index in [4.69, 9.17) is 0 Å². The van der Waals surface area contributed by atoms with Crippen LogP contribution in [0.1, 0.15) is 37.0 Å². The Bertz CT molecular complexity index is 410. The highest BCUT2D eigenvalue weighted by Gasteiger charge is 2.18. The maximum absolute atomic E-state index is 12.9. The third-order valence-electron chi connectivity index (χ3n) is 2.68. The molecule has 1 rings (SSSR count). The smallest absolute Gasteiger partial charge is 0.252 e. The Kier molecular flexibility index (Phi) is 5.72. The van der Waals surface area contributed by atoms with Crippen molar-refractivity contribution in [1.29, 1.82) is 0 Å². The van der Waals surface area contributed by atoms with E-state index in [1.54, 1.807) is 0 Å². The molecule has 0 atom stereocenters. The Morgan fingerprint density at radius 1 is 1.50 bits per heavy atom. The second-order valence-electron chi connectivity index (χ2n) is 5.03. The van der Waals surface area contributed by atoms with Crippen LogP contribution in [-0.2, 0) is 0 Å². The van der Waals surface area contributed by atoms with E-state index >= 15 is 0 Å². The highest BCUT2D eigenvalue weighted by molar-refractivity contribution is 9.09. The molecule has 0 radical (unpaired) electrons. The van der Waals surface area contributed by atoms with E-state index in [9.17, 15) is 9.18 Å². The lowest BCUT2D eigenvalue weighted by Crippen LogP contribution is -2.34. The van der Waals surface area contributed by atoms with Gasteiger partial charge in [0.15, 0.2) is 0 Å². The lowest BCUT2D eigenvalue weighted by Gasteiger charge is -2.24. The van der Waals surface area contributed by atoms with E-state index in [0.717, 1.165) is 24.4 Å². The minimum Gasteiger partial charge on any atom is -0.351 e. The van der Waals surface area contributed by atoms with Gasteiger partial charge in [0.1, 0.15) is 5.82 Å². The van der Waals surface area contributed by atoms with Crippen LogP contribution in [0.3, 0.4) is 0 Å². The second-order valence-corrected chi connectivity index (χ2v) is 5.82. The molecule has 1 aromatic rings. The molecule has 0 aliphatic heterocycles. The minimum atomic E-state index is -0.499. The fourth-order valence-corrected chi connectivity index (χ4v) is 1.87. The number of amides is 1. The zero-order valence-electron chi connectivity index (χ0n) is 10.7. The third-order valence-corrected chi connectivity index (χ3v) is 3.24. The van der Waals surface area contributed by atoms with Gasteiger partial charge in [-0.15, -0.1) is 0 Å². The van der Waals surface area contributed by atoms with Crippen LogP contribution in [0.25, 0.3) is 0 Å². The molecule has 1 amide bonds. The van der Waals surface area contributed by atoms with Crippen molar-refractivity contribution >= 4 is 21.8 Å². The minimum absolute atomic E-state index is 0.0319. The first kappa shape index (κ1) is 15.1. The number of halogens is 2. The predicted molar refractivity (Wildman–Crippen MR) is 73.3 cm³/mol. The van der Waals surface area contributed by atoms with Crippen LogP contribution in [0.4, 0.5) is 4.39 Å². The average molecular weight is 317 g/mol. The molecule has 1 N–H and O–H groups in total. The van der Waals surface area contributed by atoms with Crippen molar-refractivity contribution in [1.82, 2.24) is 10.3 Å². The van der Waals surface area contributed by atoms with Crippen LogP contribution in [0.15, 0.2) is 18.5 Å². The van der Waals surface area contributed by atoms with Crippen LogP contribution in [0, 0.1) is 11.2 Å². The molecule has 0 aliphatic carbocycles. The standard InChI is InChI=1S/C13H18BrFN2O/c1-13(2,4-3-5-14)9-17-12(18)10-6-11(15)8-16-7-10/h6-8H,3-5,9H2,1-2H3,(H,17,18). The number of aromatic nitrogens is 1. The van der Waals surface area contributed by atoms with Crippen LogP contribution < -0.4 is 5.32 Å². The first-order valence-electron chi connectivity index (χ1n) is 5.89. The number of alkyl halides is 1. The molecule has 0 spiro atoms. The summed E-state index contributed by atoms with van der Waals surface area (Å²) in [6.07, 6.45) is 4.52. The molecule has 0 fully saturated rings. The van der Waals surface area contributed by atoms with Gasteiger partial charge in [0.2, 0.25) is 0 Å². The third kappa shape index (κ3) is 5.12. The monoisotopic (exact) mass is 316 g/mol. The number of nitrogens with one attached hydrogen (secondary N) is 1. The lowest BCUT2D eigenvalue weighted by atomic mass is 9.88. The number of pyridine rings is 1. The molecule has 0 aromatic carbocycles. The van der Waals surface area contributed by atoms with E-state index in [2.05, 4.69) is 40.1 Å². The van der Waals surface area contributed by atoms with Crippen molar-refractivity contribution < 1.29 is 9.18 Å². The molecule has 0 unspecified atom stereocenters. The normalized spacial score (nSPS) is 11.3. The quantitative estimate of drug-likeness (QED) is 0.819. The maximum Gasteiger partial charge on any atom is 0.252 e. The van der Waals surface area contributed by atoms with Crippen molar-refractivity contribution in [2.24, 2.45) is 5.41 Å². The molecule has 18 heavy (non-hydrogen) atoms. The lowest BCUT2D eigenvalue weighted by molar-refractivity contribution is 0.0933. The first-order chi connectivity index (χ1) is 8.44. The molecule has 0 saturated carbocycles. The van der Waals surface area contributed by atoms with Gasteiger partial charge in [-0.2, -0.15) is 0 Å². The number of hydrogen-bond donors (Lipinski definition) is 1. The fraction of sp³-hybridized carbons (Fsp3) is 0.538. The van der Waals surface area contributed by atoms with E-state index in [-0.39, 0.29) is 16.9 Å².